The predicted octanol–water partition coefficient (Wildman–Crippen LogP) is 5.67. The molecule has 1 aliphatic rings. The Hall–Kier alpha value is -2.08. The molecule has 0 aromatic heterocycles. The zero-order chi connectivity index (χ0) is 21.9. The highest BCUT2D eigenvalue weighted by atomic mass is 35.5. The highest BCUT2D eigenvalue weighted by molar-refractivity contribution is 6.30. The maximum absolute atomic E-state index is 13.2. The molecule has 1 amide bonds. The fraction of sp³-hybridized carbons (Fsp3) is 0.391. The lowest BCUT2D eigenvalue weighted by atomic mass is 9.82. The number of benzene rings is 2. The highest BCUT2D eigenvalue weighted by Crippen LogP contribution is 2.46. The van der Waals surface area contributed by atoms with Crippen LogP contribution in [0.4, 0.5) is 0 Å². The third-order valence-electron chi connectivity index (χ3n) is 5.74. The summed E-state index contributed by atoms with van der Waals surface area (Å²) in [5, 5.41) is 11.4. The fourth-order valence-corrected chi connectivity index (χ4v) is 4.53. The molecule has 1 fully saturated rings. The second-order valence-corrected chi connectivity index (χ2v) is 8.36. The Bertz CT molecular complexity index is 900. The monoisotopic (exact) mass is 449 g/mol. The summed E-state index contributed by atoms with van der Waals surface area (Å²) in [5.41, 5.74) is 0.260. The van der Waals surface area contributed by atoms with E-state index in [0.717, 1.165) is 11.1 Å². The van der Waals surface area contributed by atoms with Crippen LogP contribution in [-0.4, -0.2) is 34.0 Å². The number of ether oxygens (including phenoxy) is 1. The van der Waals surface area contributed by atoms with Crippen molar-refractivity contribution in [1.82, 2.24) is 4.90 Å². The van der Waals surface area contributed by atoms with E-state index in [2.05, 4.69) is 0 Å². The van der Waals surface area contributed by atoms with E-state index >= 15 is 0 Å². The summed E-state index contributed by atoms with van der Waals surface area (Å²) in [7, 11) is 0. The van der Waals surface area contributed by atoms with Crippen molar-refractivity contribution in [2.75, 3.05) is 6.61 Å². The number of hydrogen-bond donors (Lipinski definition) is 1. The summed E-state index contributed by atoms with van der Waals surface area (Å²) in [5.74, 6) is -1.34. The zero-order valence-corrected chi connectivity index (χ0v) is 18.5. The molecule has 1 N–H and O–H groups in total. The molecular formula is C23H25Cl2NO4. The van der Waals surface area contributed by atoms with Crippen LogP contribution >= 0.6 is 23.2 Å². The summed E-state index contributed by atoms with van der Waals surface area (Å²) in [6.07, 6.45) is 0.730. The second-order valence-electron chi connectivity index (χ2n) is 7.48. The molecule has 0 radical (unpaired) electrons. The molecule has 2 aromatic rings. The molecule has 1 heterocycles. The summed E-state index contributed by atoms with van der Waals surface area (Å²) in [6, 6.07) is 13.7. The Morgan fingerprint density at radius 3 is 2.07 bits per heavy atom. The minimum absolute atomic E-state index is 0.184. The molecule has 0 unspecified atom stereocenters. The Labute approximate surface area is 186 Å². The number of halogens is 2. The van der Waals surface area contributed by atoms with E-state index in [1.165, 1.54) is 4.90 Å². The normalized spacial score (nSPS) is 21.3. The van der Waals surface area contributed by atoms with Crippen LogP contribution in [0.15, 0.2) is 48.5 Å². The maximum atomic E-state index is 13.2. The number of carbonyl (C=O) groups is 2. The van der Waals surface area contributed by atoms with E-state index in [1.807, 2.05) is 38.1 Å². The molecule has 0 saturated carbocycles. The Morgan fingerprint density at radius 2 is 1.60 bits per heavy atom. The Kier molecular flexibility index (Phi) is 7.06. The van der Waals surface area contributed by atoms with Crippen LogP contribution in [0, 0.1) is 0 Å². The smallest absolute Gasteiger partial charge is 0.329 e. The quantitative estimate of drug-likeness (QED) is 0.591. The molecule has 5 nitrogen and oxygen atoms in total. The maximum Gasteiger partial charge on any atom is 0.329 e. The molecule has 7 heteroatoms. The van der Waals surface area contributed by atoms with Gasteiger partial charge in [-0.1, -0.05) is 67.7 Å². The average Bonchev–Trinajstić information content (AvgIpc) is 2.73. The lowest BCUT2D eigenvalue weighted by Gasteiger charge is -2.50. The van der Waals surface area contributed by atoms with Crippen LogP contribution in [0.2, 0.25) is 10.0 Å². The first-order valence-corrected chi connectivity index (χ1v) is 10.8. The van der Waals surface area contributed by atoms with Gasteiger partial charge in [-0.2, -0.15) is 0 Å². The number of amides is 1. The van der Waals surface area contributed by atoms with Crippen molar-refractivity contribution in [2.24, 2.45) is 0 Å². The second kappa shape index (κ2) is 9.38. The Balaban J connectivity index is 2.20. The van der Waals surface area contributed by atoms with Gasteiger partial charge in [0.25, 0.3) is 0 Å². The van der Waals surface area contributed by atoms with Gasteiger partial charge in [0, 0.05) is 10.0 Å². The van der Waals surface area contributed by atoms with E-state index in [4.69, 9.17) is 27.9 Å². The molecule has 2 aromatic carbocycles. The van der Waals surface area contributed by atoms with Crippen molar-refractivity contribution in [3.8, 4) is 0 Å². The summed E-state index contributed by atoms with van der Waals surface area (Å²) in [6.45, 7) is 3.55. The molecule has 30 heavy (non-hydrogen) atoms. The predicted molar refractivity (Wildman–Crippen MR) is 117 cm³/mol. The molecule has 3 rings (SSSR count). The van der Waals surface area contributed by atoms with Gasteiger partial charge in [-0.25, -0.2) is 4.79 Å². The number of nitrogens with zero attached hydrogens (tertiary/aromatic N) is 1. The van der Waals surface area contributed by atoms with E-state index < -0.39 is 23.7 Å². The third kappa shape index (κ3) is 4.20. The highest BCUT2D eigenvalue weighted by Gasteiger charge is 2.52. The topological polar surface area (TPSA) is 66.8 Å². The van der Waals surface area contributed by atoms with Gasteiger partial charge in [0.2, 0.25) is 5.91 Å². The van der Waals surface area contributed by atoms with Crippen LogP contribution in [-0.2, 0) is 14.3 Å². The van der Waals surface area contributed by atoms with Gasteiger partial charge in [0.05, 0.1) is 6.04 Å². The van der Waals surface area contributed by atoms with E-state index in [-0.39, 0.29) is 12.5 Å². The number of rotatable bonds is 7. The lowest BCUT2D eigenvalue weighted by Crippen LogP contribution is -2.61. The minimum Gasteiger partial charge on any atom is -0.479 e. The van der Waals surface area contributed by atoms with E-state index in [1.54, 1.807) is 24.3 Å². The van der Waals surface area contributed by atoms with Crippen molar-refractivity contribution in [2.45, 2.75) is 50.8 Å². The van der Waals surface area contributed by atoms with Crippen LogP contribution in [0.25, 0.3) is 0 Å². The van der Waals surface area contributed by atoms with Crippen molar-refractivity contribution >= 4 is 35.1 Å². The number of hydrogen-bond acceptors (Lipinski definition) is 3. The van der Waals surface area contributed by atoms with E-state index in [0.29, 0.717) is 29.3 Å². The molecule has 1 aliphatic heterocycles. The van der Waals surface area contributed by atoms with E-state index in [9.17, 15) is 14.7 Å². The number of aliphatic carboxylic acids is 1. The molecule has 0 spiro atoms. The van der Waals surface area contributed by atoms with Crippen molar-refractivity contribution < 1.29 is 19.4 Å². The van der Waals surface area contributed by atoms with Gasteiger partial charge in [-0.3, -0.25) is 4.79 Å². The number of morpholine rings is 1. The summed E-state index contributed by atoms with van der Waals surface area (Å²) in [4.78, 5) is 27.2. The lowest BCUT2D eigenvalue weighted by molar-refractivity contribution is -0.183. The first-order chi connectivity index (χ1) is 14.3. The van der Waals surface area contributed by atoms with Gasteiger partial charge in [0.1, 0.15) is 18.2 Å². The van der Waals surface area contributed by atoms with Crippen molar-refractivity contribution in [3.05, 3.63) is 69.7 Å². The van der Waals surface area contributed by atoms with Crippen LogP contribution in [0.3, 0.4) is 0 Å². The summed E-state index contributed by atoms with van der Waals surface area (Å²) >= 11 is 12.1. The summed E-state index contributed by atoms with van der Waals surface area (Å²) < 4.78 is 5.98. The number of carbonyl (C=O) groups excluding carboxylic acids is 1. The Morgan fingerprint density at radius 1 is 1.07 bits per heavy atom. The van der Waals surface area contributed by atoms with Crippen molar-refractivity contribution in [1.29, 1.82) is 0 Å². The first-order valence-electron chi connectivity index (χ1n) is 10.0. The van der Waals surface area contributed by atoms with Crippen LogP contribution in [0.1, 0.15) is 56.4 Å². The van der Waals surface area contributed by atoms with Gasteiger partial charge in [-0.05, 0) is 48.2 Å². The van der Waals surface area contributed by atoms with Crippen molar-refractivity contribution in [3.63, 3.8) is 0 Å². The molecule has 1 saturated heterocycles. The zero-order valence-electron chi connectivity index (χ0n) is 17.0. The van der Waals surface area contributed by atoms with Crippen LogP contribution in [0.5, 0.6) is 0 Å². The van der Waals surface area contributed by atoms with Gasteiger partial charge < -0.3 is 14.7 Å². The molecule has 3 atom stereocenters. The standard InChI is InChI=1S/C23H25Cl2NO4/c1-3-13-23(4-2,22(28)29)26-19(27)14-30-21(16-7-11-18(25)12-8-16)20(26)15-5-9-17(24)10-6-15/h5-12,20-21H,3-4,13-14H2,1-2H3,(H,28,29)/t20-,21+,23-/m1/s1. The molecule has 0 aliphatic carbocycles. The molecule has 0 bridgehead atoms. The number of carboxylic acids is 1. The third-order valence-corrected chi connectivity index (χ3v) is 6.24. The molecule has 160 valence electrons. The average molecular weight is 450 g/mol. The molecular weight excluding hydrogens is 425 g/mol. The van der Waals surface area contributed by atoms with Crippen LogP contribution < -0.4 is 0 Å². The van der Waals surface area contributed by atoms with Gasteiger partial charge in [-0.15, -0.1) is 0 Å². The van der Waals surface area contributed by atoms with Gasteiger partial charge in [0.15, 0.2) is 0 Å². The van der Waals surface area contributed by atoms with Gasteiger partial charge >= 0.3 is 5.97 Å². The fourth-order valence-electron chi connectivity index (χ4n) is 4.27. The SMILES string of the molecule is CCC[C@](CC)(C(=O)O)N1C(=O)CO[C@@H](c2ccc(Cl)cc2)[C@H]1c1ccc(Cl)cc1. The first kappa shape index (κ1) is 22.6. The minimum atomic E-state index is -1.33. The largest absolute Gasteiger partial charge is 0.479 e. The number of carboxylic acid groups (broad SMARTS) is 1.